The molecule has 0 fully saturated rings. The molecule has 0 bridgehead atoms. The van der Waals surface area contributed by atoms with Crippen LogP contribution < -0.4 is 11.6 Å². The molecule has 5 heteroatoms. The number of nitriles is 2. The predicted octanol–water partition coefficient (Wildman–Crippen LogP) is -1.03. The van der Waals surface area contributed by atoms with Crippen LogP contribution in [0.15, 0.2) is 0 Å². The topological polar surface area (TPSA) is 109 Å². The molecule has 0 saturated carbocycles. The van der Waals surface area contributed by atoms with Gasteiger partial charge >= 0.3 is 0 Å². The van der Waals surface area contributed by atoms with Gasteiger partial charge in [-0.3, -0.25) is 10.6 Å². The van der Waals surface area contributed by atoms with Crippen LogP contribution in [0, 0.1) is 22.7 Å². The normalized spacial score (nSPS) is 15.1. The van der Waals surface area contributed by atoms with Gasteiger partial charge in [0.2, 0.25) is 5.72 Å². The van der Waals surface area contributed by atoms with E-state index >= 15 is 0 Å². The van der Waals surface area contributed by atoms with Crippen LogP contribution in [0.5, 0.6) is 0 Å². The van der Waals surface area contributed by atoms with Crippen LogP contribution in [0.1, 0.15) is 6.42 Å². The fourth-order valence-corrected chi connectivity index (χ4v) is 0.225. The minimum absolute atomic E-state index is 0.236. The molecule has 0 aliphatic carbocycles. The van der Waals surface area contributed by atoms with E-state index in [0.717, 1.165) is 0 Å². The molecular formula is C4H6N4O. The molecule has 1 atom stereocenters. The molecule has 0 rings (SSSR count). The van der Waals surface area contributed by atoms with Crippen molar-refractivity contribution in [3.8, 4) is 12.1 Å². The highest BCUT2D eigenvalue weighted by molar-refractivity contribution is 5.01. The van der Waals surface area contributed by atoms with Gasteiger partial charge in [0.1, 0.15) is 6.07 Å². The Hall–Kier alpha value is -1.14. The Kier molecular flexibility index (Phi) is 2.62. The van der Waals surface area contributed by atoms with E-state index in [-0.39, 0.29) is 6.42 Å². The van der Waals surface area contributed by atoms with Gasteiger partial charge in [-0.25, -0.2) is 5.90 Å². The SMILES string of the molecule is N#CCC(N)(C#N)ON. The summed E-state index contributed by atoms with van der Waals surface area (Å²) in [6.45, 7) is 0. The standard InChI is InChI=1S/C4H6N4O/c5-2-1-4(7,3-6)9-8/h1,7-8H2. The summed E-state index contributed by atoms with van der Waals surface area (Å²) >= 11 is 0. The van der Waals surface area contributed by atoms with Crippen LogP contribution >= 0.6 is 0 Å². The Bertz CT molecular complexity index is 166. The van der Waals surface area contributed by atoms with Gasteiger partial charge in [0.25, 0.3) is 0 Å². The summed E-state index contributed by atoms with van der Waals surface area (Å²) in [5.41, 5.74) is 3.43. The van der Waals surface area contributed by atoms with Gasteiger partial charge < -0.3 is 0 Å². The third kappa shape index (κ3) is 2.06. The molecule has 0 amide bonds. The van der Waals surface area contributed by atoms with Crippen LogP contribution in [-0.2, 0) is 4.84 Å². The van der Waals surface area contributed by atoms with Gasteiger partial charge in [-0.1, -0.05) is 0 Å². The summed E-state index contributed by atoms with van der Waals surface area (Å²) in [6, 6.07) is 3.19. The minimum Gasteiger partial charge on any atom is -0.289 e. The Morgan fingerprint density at radius 3 is 2.22 bits per heavy atom. The zero-order valence-corrected chi connectivity index (χ0v) is 4.66. The van der Waals surface area contributed by atoms with E-state index in [0.29, 0.717) is 0 Å². The quantitative estimate of drug-likeness (QED) is 0.363. The van der Waals surface area contributed by atoms with Crippen molar-refractivity contribution in [2.24, 2.45) is 11.6 Å². The van der Waals surface area contributed by atoms with Crippen molar-refractivity contribution in [2.45, 2.75) is 12.1 Å². The smallest absolute Gasteiger partial charge is 0.237 e. The summed E-state index contributed by atoms with van der Waals surface area (Å²) in [5.74, 6) is 4.61. The fraction of sp³-hybridized carbons (Fsp3) is 0.500. The van der Waals surface area contributed by atoms with Crippen molar-refractivity contribution in [1.82, 2.24) is 0 Å². The second-order valence-electron chi connectivity index (χ2n) is 1.45. The lowest BCUT2D eigenvalue weighted by atomic mass is 10.2. The van der Waals surface area contributed by atoms with Crippen molar-refractivity contribution in [3.05, 3.63) is 0 Å². The van der Waals surface area contributed by atoms with Gasteiger partial charge in [-0.2, -0.15) is 10.5 Å². The van der Waals surface area contributed by atoms with Crippen molar-refractivity contribution in [3.63, 3.8) is 0 Å². The number of nitrogens with two attached hydrogens (primary N) is 2. The van der Waals surface area contributed by atoms with Gasteiger partial charge in [0.15, 0.2) is 0 Å². The largest absolute Gasteiger partial charge is 0.289 e. The average molecular weight is 126 g/mol. The monoisotopic (exact) mass is 126 g/mol. The van der Waals surface area contributed by atoms with Crippen LogP contribution in [0.3, 0.4) is 0 Å². The van der Waals surface area contributed by atoms with Gasteiger partial charge in [-0.15, -0.1) is 0 Å². The molecule has 4 N–H and O–H groups in total. The Morgan fingerprint density at radius 1 is 1.56 bits per heavy atom. The van der Waals surface area contributed by atoms with Gasteiger partial charge in [0.05, 0.1) is 12.5 Å². The Balaban J connectivity index is 4.01. The van der Waals surface area contributed by atoms with Crippen LogP contribution in [0.25, 0.3) is 0 Å². The molecule has 0 spiro atoms. The molecule has 5 nitrogen and oxygen atoms in total. The average Bonchev–Trinajstić information content (AvgIpc) is 1.89. The Morgan fingerprint density at radius 2 is 2.11 bits per heavy atom. The second kappa shape index (κ2) is 3.00. The third-order valence-corrected chi connectivity index (χ3v) is 0.741. The first kappa shape index (κ1) is 7.86. The molecule has 0 radical (unpaired) electrons. The maximum Gasteiger partial charge on any atom is 0.237 e. The highest BCUT2D eigenvalue weighted by Gasteiger charge is 2.23. The maximum atomic E-state index is 8.19. The number of nitrogens with zero attached hydrogens (tertiary/aromatic N) is 2. The molecule has 0 heterocycles. The zero-order valence-electron chi connectivity index (χ0n) is 4.66. The van der Waals surface area contributed by atoms with Crippen molar-refractivity contribution >= 4 is 0 Å². The molecular weight excluding hydrogens is 120 g/mol. The van der Waals surface area contributed by atoms with E-state index in [4.69, 9.17) is 16.3 Å². The summed E-state index contributed by atoms with van der Waals surface area (Å²) in [5, 5.41) is 16.2. The maximum absolute atomic E-state index is 8.19. The van der Waals surface area contributed by atoms with Crippen molar-refractivity contribution in [1.29, 1.82) is 10.5 Å². The fourth-order valence-electron chi connectivity index (χ4n) is 0.225. The van der Waals surface area contributed by atoms with Crippen LogP contribution in [0.2, 0.25) is 0 Å². The first-order chi connectivity index (χ1) is 4.18. The van der Waals surface area contributed by atoms with Crippen molar-refractivity contribution < 1.29 is 4.84 Å². The number of rotatable bonds is 2. The van der Waals surface area contributed by atoms with Gasteiger partial charge in [0, 0.05) is 0 Å². The van der Waals surface area contributed by atoms with Crippen LogP contribution in [-0.4, -0.2) is 5.72 Å². The van der Waals surface area contributed by atoms with Crippen molar-refractivity contribution in [2.75, 3.05) is 0 Å². The molecule has 0 aromatic heterocycles. The Labute approximate surface area is 52.4 Å². The number of hydrogen-bond donors (Lipinski definition) is 2. The summed E-state index contributed by atoms with van der Waals surface area (Å²) in [6.07, 6.45) is -0.236. The lowest BCUT2D eigenvalue weighted by molar-refractivity contribution is 0.00431. The lowest BCUT2D eigenvalue weighted by Gasteiger charge is -2.12. The third-order valence-electron chi connectivity index (χ3n) is 0.741. The van der Waals surface area contributed by atoms with Crippen LogP contribution in [0.4, 0.5) is 0 Å². The highest BCUT2D eigenvalue weighted by atomic mass is 16.6. The second-order valence-corrected chi connectivity index (χ2v) is 1.45. The van der Waals surface area contributed by atoms with E-state index in [2.05, 4.69) is 10.7 Å². The summed E-state index contributed by atoms with van der Waals surface area (Å²) in [7, 11) is 0. The van der Waals surface area contributed by atoms with E-state index in [1.165, 1.54) is 6.07 Å². The van der Waals surface area contributed by atoms with E-state index in [9.17, 15) is 0 Å². The zero-order chi connectivity index (χ0) is 7.33. The van der Waals surface area contributed by atoms with E-state index in [1.807, 2.05) is 0 Å². The molecule has 0 saturated heterocycles. The molecule has 48 valence electrons. The summed E-state index contributed by atoms with van der Waals surface area (Å²) < 4.78 is 0. The van der Waals surface area contributed by atoms with Gasteiger partial charge in [-0.05, 0) is 0 Å². The highest BCUT2D eigenvalue weighted by Crippen LogP contribution is 2.01. The molecule has 0 aromatic rings. The first-order valence-corrected chi connectivity index (χ1v) is 2.13. The van der Waals surface area contributed by atoms with E-state index in [1.54, 1.807) is 6.07 Å². The summed E-state index contributed by atoms with van der Waals surface area (Å²) in [4.78, 5) is 4.02. The number of hydrogen-bond acceptors (Lipinski definition) is 5. The lowest BCUT2D eigenvalue weighted by Crippen LogP contribution is -2.43. The minimum atomic E-state index is -1.64. The molecule has 0 aliphatic heterocycles. The molecule has 0 aliphatic rings. The predicted molar refractivity (Wildman–Crippen MR) is 28.0 cm³/mol. The molecule has 9 heavy (non-hydrogen) atoms. The first-order valence-electron chi connectivity index (χ1n) is 2.13. The molecule has 1 unspecified atom stereocenters. The van der Waals surface area contributed by atoms with E-state index < -0.39 is 5.72 Å². The molecule has 0 aromatic carbocycles.